The molecule has 0 saturated carbocycles. The third kappa shape index (κ3) is 4.18. The largest absolute Gasteiger partial charge is 0.481 e. The van der Waals surface area contributed by atoms with E-state index in [-0.39, 0.29) is 12.5 Å². The molecule has 4 heteroatoms. The van der Waals surface area contributed by atoms with E-state index in [9.17, 15) is 4.79 Å². The van der Waals surface area contributed by atoms with Crippen LogP contribution in [0.3, 0.4) is 0 Å². The predicted molar refractivity (Wildman–Crippen MR) is 60.0 cm³/mol. The van der Waals surface area contributed by atoms with Crippen LogP contribution >= 0.6 is 0 Å². The number of hydrogen-bond donors (Lipinski definition) is 1. The number of aliphatic carboxylic acids is 1. The van der Waals surface area contributed by atoms with Gasteiger partial charge < -0.3 is 14.9 Å². The Morgan fingerprint density at radius 2 is 2.20 bits per heavy atom. The first-order valence-corrected chi connectivity index (χ1v) is 5.78. The third-order valence-electron chi connectivity index (χ3n) is 3.03. The highest BCUT2D eigenvalue weighted by molar-refractivity contribution is 5.67. The average molecular weight is 214 g/mol. The molecule has 1 unspecified atom stereocenters. The topological polar surface area (TPSA) is 43.8 Å². The molecule has 0 aromatic heterocycles. The minimum atomic E-state index is -0.690. The van der Waals surface area contributed by atoms with E-state index in [1.807, 2.05) is 7.05 Å². The number of carboxylic acids is 1. The van der Waals surface area contributed by atoms with Gasteiger partial charge in [0.15, 0.2) is 0 Å². The average Bonchev–Trinajstić information content (AvgIpc) is 2.30. The Labute approximate surface area is 91.9 Å². The Hall–Kier alpha value is -0.610. The molecule has 0 radical (unpaired) electrons. The minimum Gasteiger partial charge on any atom is -0.481 e. The zero-order valence-corrected chi connectivity index (χ0v) is 9.78. The molecule has 0 aliphatic carbocycles. The third-order valence-corrected chi connectivity index (χ3v) is 3.03. The van der Waals surface area contributed by atoms with Gasteiger partial charge in [-0.15, -0.1) is 0 Å². The normalized spacial score (nSPS) is 25.1. The smallest absolute Gasteiger partial charge is 0.304 e. The van der Waals surface area contributed by atoms with Crippen molar-refractivity contribution in [1.29, 1.82) is 0 Å². The van der Waals surface area contributed by atoms with Gasteiger partial charge in [-0.1, -0.05) is 6.92 Å². The summed E-state index contributed by atoms with van der Waals surface area (Å²) in [7, 11) is 2.03. The standard InChI is InChI=1S/C11H22N2O2/c1-3-5-13-7-4-6-12(2)10(9-13)8-11(14)15/h10H,3-9H2,1-2H3,(H,14,15). The number of carboxylic acid groups (broad SMARTS) is 1. The fourth-order valence-corrected chi connectivity index (χ4v) is 2.20. The highest BCUT2D eigenvalue weighted by atomic mass is 16.4. The molecule has 1 fully saturated rings. The molecule has 4 nitrogen and oxygen atoms in total. The molecule has 1 rings (SSSR count). The summed E-state index contributed by atoms with van der Waals surface area (Å²) in [4.78, 5) is 15.3. The highest BCUT2D eigenvalue weighted by Crippen LogP contribution is 2.11. The summed E-state index contributed by atoms with van der Waals surface area (Å²) in [5.74, 6) is -0.690. The lowest BCUT2D eigenvalue weighted by atomic mass is 10.2. The van der Waals surface area contributed by atoms with Crippen molar-refractivity contribution in [3.05, 3.63) is 0 Å². The van der Waals surface area contributed by atoms with Gasteiger partial charge in [0.25, 0.3) is 0 Å². The van der Waals surface area contributed by atoms with Crippen LogP contribution in [0.2, 0.25) is 0 Å². The molecule has 1 atom stereocenters. The van der Waals surface area contributed by atoms with Crippen LogP contribution in [-0.4, -0.2) is 60.1 Å². The molecule has 15 heavy (non-hydrogen) atoms. The molecule has 0 aromatic rings. The Morgan fingerprint density at radius 3 is 2.80 bits per heavy atom. The van der Waals surface area contributed by atoms with E-state index in [2.05, 4.69) is 16.7 Å². The van der Waals surface area contributed by atoms with Crippen molar-refractivity contribution in [3.8, 4) is 0 Å². The van der Waals surface area contributed by atoms with Crippen molar-refractivity contribution in [2.75, 3.05) is 33.2 Å². The van der Waals surface area contributed by atoms with Crippen molar-refractivity contribution >= 4 is 5.97 Å². The maximum Gasteiger partial charge on any atom is 0.304 e. The Balaban J connectivity index is 2.52. The number of rotatable bonds is 4. The zero-order chi connectivity index (χ0) is 11.3. The molecular formula is C11H22N2O2. The van der Waals surface area contributed by atoms with Gasteiger partial charge in [0.05, 0.1) is 6.42 Å². The summed E-state index contributed by atoms with van der Waals surface area (Å²) in [6, 6.07) is 0.177. The van der Waals surface area contributed by atoms with E-state index in [1.165, 1.54) is 0 Å². The van der Waals surface area contributed by atoms with E-state index >= 15 is 0 Å². The van der Waals surface area contributed by atoms with E-state index in [0.29, 0.717) is 0 Å². The second-order valence-electron chi connectivity index (χ2n) is 4.39. The van der Waals surface area contributed by atoms with E-state index in [0.717, 1.165) is 39.0 Å². The summed E-state index contributed by atoms with van der Waals surface area (Å²) in [5.41, 5.74) is 0. The van der Waals surface area contributed by atoms with Crippen molar-refractivity contribution in [3.63, 3.8) is 0 Å². The van der Waals surface area contributed by atoms with Crippen molar-refractivity contribution < 1.29 is 9.90 Å². The molecule has 0 amide bonds. The fraction of sp³-hybridized carbons (Fsp3) is 0.909. The SMILES string of the molecule is CCCN1CCCN(C)C(CC(=O)O)C1. The van der Waals surface area contributed by atoms with E-state index in [4.69, 9.17) is 5.11 Å². The minimum absolute atomic E-state index is 0.177. The molecule has 0 bridgehead atoms. The number of likely N-dealkylation sites (N-methyl/N-ethyl adjacent to an activating group) is 1. The van der Waals surface area contributed by atoms with Crippen LogP contribution in [0.5, 0.6) is 0 Å². The molecule has 0 spiro atoms. The summed E-state index contributed by atoms with van der Waals surface area (Å²) in [6.45, 7) is 6.27. The Morgan fingerprint density at radius 1 is 1.47 bits per heavy atom. The molecule has 0 aromatic carbocycles. The highest BCUT2D eigenvalue weighted by Gasteiger charge is 2.23. The van der Waals surface area contributed by atoms with Gasteiger partial charge in [0, 0.05) is 12.6 Å². The van der Waals surface area contributed by atoms with Gasteiger partial charge in [0.2, 0.25) is 0 Å². The molecule has 1 heterocycles. The van der Waals surface area contributed by atoms with Crippen LogP contribution in [0.4, 0.5) is 0 Å². The lowest BCUT2D eigenvalue weighted by Crippen LogP contribution is -2.40. The summed E-state index contributed by atoms with van der Waals surface area (Å²) in [6.07, 6.45) is 2.55. The lowest BCUT2D eigenvalue weighted by Gasteiger charge is -2.27. The molecule has 1 N–H and O–H groups in total. The molecule has 1 aliphatic heterocycles. The summed E-state index contributed by atoms with van der Waals surface area (Å²) >= 11 is 0. The van der Waals surface area contributed by atoms with Crippen LogP contribution in [0.1, 0.15) is 26.2 Å². The lowest BCUT2D eigenvalue weighted by molar-refractivity contribution is -0.138. The number of carbonyl (C=O) groups is 1. The first kappa shape index (κ1) is 12.5. The van der Waals surface area contributed by atoms with Crippen LogP contribution < -0.4 is 0 Å². The van der Waals surface area contributed by atoms with E-state index in [1.54, 1.807) is 0 Å². The van der Waals surface area contributed by atoms with Gasteiger partial charge in [-0.25, -0.2) is 0 Å². The quantitative estimate of drug-likeness (QED) is 0.754. The molecule has 1 saturated heterocycles. The van der Waals surface area contributed by atoms with Crippen LogP contribution in [-0.2, 0) is 4.79 Å². The van der Waals surface area contributed by atoms with Gasteiger partial charge in [-0.05, 0) is 39.5 Å². The fourth-order valence-electron chi connectivity index (χ4n) is 2.20. The van der Waals surface area contributed by atoms with Crippen molar-refractivity contribution in [2.24, 2.45) is 0 Å². The number of hydrogen-bond acceptors (Lipinski definition) is 3. The van der Waals surface area contributed by atoms with E-state index < -0.39 is 5.97 Å². The summed E-state index contributed by atoms with van der Waals surface area (Å²) in [5, 5.41) is 8.85. The van der Waals surface area contributed by atoms with Gasteiger partial charge >= 0.3 is 5.97 Å². The Kier molecular flexibility index (Phi) is 5.05. The first-order valence-electron chi connectivity index (χ1n) is 5.78. The second kappa shape index (κ2) is 6.08. The second-order valence-corrected chi connectivity index (χ2v) is 4.39. The van der Waals surface area contributed by atoms with Crippen LogP contribution in [0.15, 0.2) is 0 Å². The first-order chi connectivity index (χ1) is 7.13. The molecule has 1 aliphatic rings. The maximum absolute atomic E-state index is 10.7. The zero-order valence-electron chi connectivity index (χ0n) is 9.78. The molecule has 88 valence electrons. The van der Waals surface area contributed by atoms with Crippen molar-refractivity contribution in [2.45, 2.75) is 32.2 Å². The van der Waals surface area contributed by atoms with Gasteiger partial charge in [-0.3, -0.25) is 4.79 Å². The summed E-state index contributed by atoms with van der Waals surface area (Å²) < 4.78 is 0. The van der Waals surface area contributed by atoms with Gasteiger partial charge in [0.1, 0.15) is 0 Å². The maximum atomic E-state index is 10.7. The van der Waals surface area contributed by atoms with Crippen LogP contribution in [0, 0.1) is 0 Å². The number of nitrogens with zero attached hydrogens (tertiary/aromatic N) is 2. The van der Waals surface area contributed by atoms with Gasteiger partial charge in [-0.2, -0.15) is 0 Å². The predicted octanol–water partition coefficient (Wildman–Crippen LogP) is 0.877. The van der Waals surface area contributed by atoms with Crippen molar-refractivity contribution in [1.82, 2.24) is 9.80 Å². The molecular weight excluding hydrogens is 192 g/mol. The Bertz CT molecular complexity index is 209. The van der Waals surface area contributed by atoms with Crippen LogP contribution in [0.25, 0.3) is 0 Å². The monoisotopic (exact) mass is 214 g/mol.